The van der Waals surface area contributed by atoms with E-state index in [2.05, 4.69) is 6.58 Å². The predicted octanol–water partition coefficient (Wildman–Crippen LogP) is 2.61. The predicted molar refractivity (Wildman–Crippen MR) is 93.7 cm³/mol. The summed E-state index contributed by atoms with van der Waals surface area (Å²) in [5.74, 6) is 0.977. The van der Waals surface area contributed by atoms with Gasteiger partial charge < -0.3 is 14.5 Å². The zero-order chi connectivity index (χ0) is 17.4. The number of hydrogen-bond acceptors (Lipinski definition) is 3. The molecule has 2 amide bonds. The van der Waals surface area contributed by atoms with E-state index in [9.17, 15) is 9.59 Å². The molecule has 1 saturated heterocycles. The molecule has 0 N–H and O–H groups in total. The standard InChI is InChI=1S/C19H26N2O3/c1-3-11-21(15-16-7-6-8-17(14-16)24-2)19(23)10-13-20-12-5-4-9-18(20)22/h3,6-8,14H,1,4-5,9-13,15H2,2H3. The van der Waals surface area contributed by atoms with Crippen LogP contribution in [0.1, 0.15) is 31.2 Å². The fourth-order valence-corrected chi connectivity index (χ4v) is 2.89. The zero-order valence-electron chi connectivity index (χ0n) is 14.4. The number of amides is 2. The molecule has 1 aromatic rings. The minimum Gasteiger partial charge on any atom is -0.497 e. The first-order valence-corrected chi connectivity index (χ1v) is 8.43. The highest BCUT2D eigenvalue weighted by Gasteiger charge is 2.20. The Morgan fingerprint density at radius 1 is 1.42 bits per heavy atom. The summed E-state index contributed by atoms with van der Waals surface area (Å²) < 4.78 is 5.23. The summed E-state index contributed by atoms with van der Waals surface area (Å²) in [6, 6.07) is 7.69. The van der Waals surface area contributed by atoms with Crippen LogP contribution in [0.2, 0.25) is 0 Å². The maximum absolute atomic E-state index is 12.6. The van der Waals surface area contributed by atoms with Gasteiger partial charge in [0, 0.05) is 39.0 Å². The van der Waals surface area contributed by atoms with Crippen LogP contribution >= 0.6 is 0 Å². The molecule has 24 heavy (non-hydrogen) atoms. The van der Waals surface area contributed by atoms with Crippen LogP contribution in [0.3, 0.4) is 0 Å². The molecule has 1 aromatic carbocycles. The Bertz CT molecular complexity index is 586. The maximum atomic E-state index is 12.6. The fraction of sp³-hybridized carbons (Fsp3) is 0.474. The molecule has 0 atom stereocenters. The van der Waals surface area contributed by atoms with Gasteiger partial charge in [0.25, 0.3) is 0 Å². The molecule has 0 saturated carbocycles. The minimum atomic E-state index is 0.0380. The van der Waals surface area contributed by atoms with Gasteiger partial charge in [-0.2, -0.15) is 0 Å². The summed E-state index contributed by atoms with van der Waals surface area (Å²) >= 11 is 0. The number of rotatable bonds is 8. The molecule has 1 fully saturated rings. The Kier molecular flexibility index (Phi) is 6.85. The van der Waals surface area contributed by atoms with E-state index in [1.165, 1.54) is 0 Å². The number of carbonyl (C=O) groups is 2. The molecular formula is C19H26N2O3. The number of ether oxygens (including phenoxy) is 1. The van der Waals surface area contributed by atoms with Crippen molar-refractivity contribution in [1.82, 2.24) is 9.80 Å². The average Bonchev–Trinajstić information content (AvgIpc) is 2.60. The van der Waals surface area contributed by atoms with Gasteiger partial charge in [0.2, 0.25) is 11.8 Å². The van der Waals surface area contributed by atoms with E-state index < -0.39 is 0 Å². The normalized spacial score (nSPS) is 14.4. The number of nitrogens with zero attached hydrogens (tertiary/aromatic N) is 2. The van der Waals surface area contributed by atoms with Gasteiger partial charge in [-0.1, -0.05) is 18.2 Å². The van der Waals surface area contributed by atoms with Crippen molar-refractivity contribution in [2.75, 3.05) is 26.7 Å². The number of methoxy groups -OCH3 is 1. The van der Waals surface area contributed by atoms with Crippen molar-refractivity contribution in [3.63, 3.8) is 0 Å². The van der Waals surface area contributed by atoms with Gasteiger partial charge in [-0.05, 0) is 30.5 Å². The first-order chi connectivity index (χ1) is 11.6. The third kappa shape index (κ3) is 5.11. The number of piperidine rings is 1. The second-order valence-corrected chi connectivity index (χ2v) is 6.00. The highest BCUT2D eigenvalue weighted by atomic mass is 16.5. The topological polar surface area (TPSA) is 49.9 Å². The van der Waals surface area contributed by atoms with Crippen molar-refractivity contribution in [3.05, 3.63) is 42.5 Å². The van der Waals surface area contributed by atoms with E-state index in [4.69, 9.17) is 4.74 Å². The van der Waals surface area contributed by atoms with Gasteiger partial charge in [-0.25, -0.2) is 0 Å². The molecule has 1 heterocycles. The van der Waals surface area contributed by atoms with Crippen LogP contribution in [0.5, 0.6) is 5.75 Å². The summed E-state index contributed by atoms with van der Waals surface area (Å²) in [5.41, 5.74) is 1.01. The highest BCUT2D eigenvalue weighted by Crippen LogP contribution is 2.16. The molecule has 0 radical (unpaired) electrons. The van der Waals surface area contributed by atoms with Crippen LogP contribution < -0.4 is 4.74 Å². The summed E-state index contributed by atoms with van der Waals surface area (Å²) in [7, 11) is 1.63. The third-order valence-corrected chi connectivity index (χ3v) is 4.23. The summed E-state index contributed by atoms with van der Waals surface area (Å²) in [6.45, 7) is 6.01. The van der Waals surface area contributed by atoms with E-state index in [1.807, 2.05) is 24.3 Å². The molecule has 2 rings (SSSR count). The average molecular weight is 330 g/mol. The lowest BCUT2D eigenvalue weighted by Gasteiger charge is -2.28. The van der Waals surface area contributed by atoms with Crippen molar-refractivity contribution >= 4 is 11.8 Å². The number of benzene rings is 1. The van der Waals surface area contributed by atoms with E-state index >= 15 is 0 Å². The maximum Gasteiger partial charge on any atom is 0.224 e. The zero-order valence-corrected chi connectivity index (χ0v) is 14.4. The Morgan fingerprint density at radius 2 is 2.25 bits per heavy atom. The van der Waals surface area contributed by atoms with Crippen LogP contribution in [-0.2, 0) is 16.1 Å². The van der Waals surface area contributed by atoms with Crippen molar-refractivity contribution in [1.29, 1.82) is 0 Å². The summed E-state index contributed by atoms with van der Waals surface area (Å²) in [5, 5.41) is 0. The van der Waals surface area contributed by atoms with E-state index in [1.54, 1.807) is 23.0 Å². The molecule has 0 aliphatic carbocycles. The van der Waals surface area contributed by atoms with Gasteiger partial charge >= 0.3 is 0 Å². The second-order valence-electron chi connectivity index (χ2n) is 6.00. The molecule has 1 aliphatic heterocycles. The van der Waals surface area contributed by atoms with Crippen LogP contribution in [0, 0.1) is 0 Å². The Labute approximate surface area is 143 Å². The lowest BCUT2D eigenvalue weighted by Crippen LogP contribution is -2.39. The van der Waals surface area contributed by atoms with Crippen molar-refractivity contribution in [3.8, 4) is 5.75 Å². The van der Waals surface area contributed by atoms with E-state index in [0.717, 1.165) is 30.7 Å². The van der Waals surface area contributed by atoms with Gasteiger partial charge in [-0.15, -0.1) is 6.58 Å². The number of hydrogen-bond donors (Lipinski definition) is 0. The molecule has 0 unspecified atom stereocenters. The van der Waals surface area contributed by atoms with Crippen LogP contribution in [0.15, 0.2) is 36.9 Å². The number of carbonyl (C=O) groups excluding carboxylic acids is 2. The first-order valence-electron chi connectivity index (χ1n) is 8.43. The molecule has 0 aromatic heterocycles. The Balaban J connectivity index is 1.94. The lowest BCUT2D eigenvalue weighted by atomic mass is 10.1. The molecule has 0 bridgehead atoms. The van der Waals surface area contributed by atoms with Crippen LogP contribution in [-0.4, -0.2) is 48.4 Å². The van der Waals surface area contributed by atoms with Crippen molar-refractivity contribution in [2.45, 2.75) is 32.2 Å². The first kappa shape index (κ1) is 18.0. The lowest BCUT2D eigenvalue weighted by molar-refractivity contribution is -0.135. The minimum absolute atomic E-state index is 0.0380. The molecule has 130 valence electrons. The second kappa shape index (κ2) is 9.11. The van der Waals surface area contributed by atoms with Crippen LogP contribution in [0.25, 0.3) is 0 Å². The quantitative estimate of drug-likeness (QED) is 0.689. The van der Waals surface area contributed by atoms with Gasteiger partial charge in [0.15, 0.2) is 0 Å². The third-order valence-electron chi connectivity index (χ3n) is 4.23. The van der Waals surface area contributed by atoms with Gasteiger partial charge in [-0.3, -0.25) is 9.59 Å². The van der Waals surface area contributed by atoms with E-state index in [0.29, 0.717) is 32.5 Å². The SMILES string of the molecule is C=CCN(Cc1cccc(OC)c1)C(=O)CCN1CCCCC1=O. The Morgan fingerprint density at radius 3 is 2.96 bits per heavy atom. The summed E-state index contributed by atoms with van der Waals surface area (Å²) in [4.78, 5) is 27.9. The molecule has 5 heteroatoms. The monoisotopic (exact) mass is 330 g/mol. The van der Waals surface area contributed by atoms with E-state index in [-0.39, 0.29) is 11.8 Å². The molecule has 1 aliphatic rings. The van der Waals surface area contributed by atoms with Crippen LogP contribution in [0.4, 0.5) is 0 Å². The van der Waals surface area contributed by atoms with Crippen molar-refractivity contribution in [2.24, 2.45) is 0 Å². The largest absolute Gasteiger partial charge is 0.497 e. The number of likely N-dealkylation sites (tertiary alicyclic amines) is 1. The van der Waals surface area contributed by atoms with Gasteiger partial charge in [0.05, 0.1) is 7.11 Å². The molecule has 5 nitrogen and oxygen atoms in total. The molecular weight excluding hydrogens is 304 g/mol. The molecule has 0 spiro atoms. The van der Waals surface area contributed by atoms with Gasteiger partial charge in [0.1, 0.15) is 5.75 Å². The van der Waals surface area contributed by atoms with Crippen molar-refractivity contribution < 1.29 is 14.3 Å². The fourth-order valence-electron chi connectivity index (χ4n) is 2.89. The summed E-state index contributed by atoms with van der Waals surface area (Å²) in [6.07, 6.45) is 4.67. The Hall–Kier alpha value is -2.30. The smallest absolute Gasteiger partial charge is 0.224 e. The highest BCUT2D eigenvalue weighted by molar-refractivity contribution is 5.79.